The molecule has 0 radical (unpaired) electrons. The summed E-state index contributed by atoms with van der Waals surface area (Å²) < 4.78 is 5.60. The van der Waals surface area contributed by atoms with Crippen LogP contribution >= 0.6 is 23.2 Å². The highest BCUT2D eigenvalue weighted by atomic mass is 35.5. The molecule has 0 bridgehead atoms. The molecular weight excluding hydrogens is 283 g/mol. The number of aryl methyl sites for hydroxylation is 1. The molecule has 0 aliphatic heterocycles. The Morgan fingerprint density at radius 1 is 1.32 bits per heavy atom. The number of benzene rings is 1. The summed E-state index contributed by atoms with van der Waals surface area (Å²) >= 11 is 12.1. The van der Waals surface area contributed by atoms with Gasteiger partial charge < -0.3 is 4.74 Å². The van der Waals surface area contributed by atoms with Gasteiger partial charge in [-0.05, 0) is 36.2 Å². The summed E-state index contributed by atoms with van der Waals surface area (Å²) in [4.78, 5) is 4.02. The van der Waals surface area contributed by atoms with Crippen molar-refractivity contribution in [3.63, 3.8) is 0 Å². The third-order valence-corrected chi connectivity index (χ3v) is 3.32. The van der Waals surface area contributed by atoms with Crippen molar-refractivity contribution in [3.05, 3.63) is 51.6 Å². The van der Waals surface area contributed by atoms with E-state index in [0.29, 0.717) is 16.3 Å². The summed E-state index contributed by atoms with van der Waals surface area (Å²) in [6, 6.07) is 8.85. The molecule has 2 rings (SSSR count). The number of rotatable bonds is 3. The molecule has 19 heavy (non-hydrogen) atoms. The number of pyridine rings is 1. The first-order chi connectivity index (χ1) is 9.15. The lowest BCUT2D eigenvalue weighted by atomic mass is 10.1. The minimum absolute atomic E-state index is 0.206. The molecule has 0 unspecified atom stereocenters. The first kappa shape index (κ1) is 13.7. The van der Waals surface area contributed by atoms with Crippen LogP contribution < -0.4 is 4.74 Å². The van der Waals surface area contributed by atoms with E-state index in [2.05, 4.69) is 4.98 Å². The summed E-state index contributed by atoms with van der Waals surface area (Å²) in [5.74, 6) is 0.802. The molecule has 0 aliphatic rings. The van der Waals surface area contributed by atoms with Gasteiger partial charge in [0.25, 0.3) is 0 Å². The topological polar surface area (TPSA) is 45.9 Å². The number of aromatic nitrogens is 1. The lowest BCUT2D eigenvalue weighted by Crippen LogP contribution is -1.92. The van der Waals surface area contributed by atoms with Crippen molar-refractivity contribution in [1.82, 2.24) is 4.98 Å². The van der Waals surface area contributed by atoms with Gasteiger partial charge in [-0.3, -0.25) is 0 Å². The van der Waals surface area contributed by atoms with E-state index in [1.165, 1.54) is 12.3 Å². The normalized spacial score (nSPS) is 10.0. The summed E-state index contributed by atoms with van der Waals surface area (Å²) in [5.41, 5.74) is 1.31. The highest BCUT2D eigenvalue weighted by Gasteiger charge is 2.10. The average molecular weight is 293 g/mol. The fourth-order valence-electron chi connectivity index (χ4n) is 1.58. The number of hydrogen-bond donors (Lipinski definition) is 0. The molecule has 0 spiro atoms. The molecule has 0 amide bonds. The van der Waals surface area contributed by atoms with E-state index in [1.807, 2.05) is 19.1 Å². The van der Waals surface area contributed by atoms with Crippen LogP contribution in [0.25, 0.3) is 0 Å². The fraction of sp³-hybridized carbons (Fsp3) is 0.143. The molecule has 0 aliphatic carbocycles. The van der Waals surface area contributed by atoms with Crippen LogP contribution in [0.3, 0.4) is 0 Å². The van der Waals surface area contributed by atoms with Gasteiger partial charge in [0, 0.05) is 11.2 Å². The van der Waals surface area contributed by atoms with Crippen LogP contribution in [0.4, 0.5) is 0 Å². The smallest absolute Gasteiger partial charge is 0.239 e. The summed E-state index contributed by atoms with van der Waals surface area (Å²) in [7, 11) is 0. The first-order valence-electron chi connectivity index (χ1n) is 5.66. The highest BCUT2D eigenvalue weighted by molar-refractivity contribution is 6.33. The van der Waals surface area contributed by atoms with Gasteiger partial charge in [0.15, 0.2) is 0 Å². The molecule has 0 N–H and O–H groups in total. The van der Waals surface area contributed by atoms with E-state index < -0.39 is 0 Å². The lowest BCUT2D eigenvalue weighted by molar-refractivity contribution is 0.462. The Morgan fingerprint density at radius 3 is 2.79 bits per heavy atom. The van der Waals surface area contributed by atoms with Gasteiger partial charge in [0.2, 0.25) is 5.88 Å². The molecule has 1 heterocycles. The molecule has 1 aromatic carbocycles. The van der Waals surface area contributed by atoms with Crippen LogP contribution in [0.1, 0.15) is 18.1 Å². The van der Waals surface area contributed by atoms with Crippen molar-refractivity contribution in [1.29, 1.82) is 5.26 Å². The molecule has 0 saturated carbocycles. The van der Waals surface area contributed by atoms with Gasteiger partial charge in [-0.1, -0.05) is 30.1 Å². The zero-order chi connectivity index (χ0) is 13.8. The predicted molar refractivity (Wildman–Crippen MR) is 74.9 cm³/mol. The Morgan fingerprint density at radius 2 is 2.11 bits per heavy atom. The molecule has 0 fully saturated rings. The van der Waals surface area contributed by atoms with Crippen molar-refractivity contribution in [2.75, 3.05) is 0 Å². The van der Waals surface area contributed by atoms with Crippen LogP contribution in [0.15, 0.2) is 30.5 Å². The Kier molecular flexibility index (Phi) is 4.26. The number of nitrogens with zero attached hydrogens (tertiary/aromatic N) is 2. The molecule has 3 nitrogen and oxygen atoms in total. The van der Waals surface area contributed by atoms with Crippen LogP contribution in [0.5, 0.6) is 11.6 Å². The standard InChI is InChI=1S/C14H10Cl2N2O/c1-2-9-7-11(3-4-12(9)15)19-14-13(16)10(8-17)5-6-18-14/h3-7H,2H2,1H3. The molecule has 5 heteroatoms. The molecule has 2 aromatic rings. The Balaban J connectivity index is 2.34. The van der Waals surface area contributed by atoms with E-state index in [9.17, 15) is 0 Å². The van der Waals surface area contributed by atoms with E-state index in [0.717, 1.165) is 12.0 Å². The highest BCUT2D eigenvalue weighted by Crippen LogP contribution is 2.31. The lowest BCUT2D eigenvalue weighted by Gasteiger charge is -2.09. The largest absolute Gasteiger partial charge is 0.437 e. The zero-order valence-electron chi connectivity index (χ0n) is 10.2. The Bertz CT molecular complexity index is 650. The number of nitriles is 1. The van der Waals surface area contributed by atoms with Crippen molar-refractivity contribution in [3.8, 4) is 17.7 Å². The maximum atomic E-state index is 8.89. The van der Waals surface area contributed by atoms with Gasteiger partial charge >= 0.3 is 0 Å². The molecule has 1 aromatic heterocycles. The second-order valence-electron chi connectivity index (χ2n) is 3.80. The number of hydrogen-bond acceptors (Lipinski definition) is 3. The Labute approximate surface area is 121 Å². The SMILES string of the molecule is CCc1cc(Oc2nccc(C#N)c2Cl)ccc1Cl. The number of halogens is 2. The average Bonchev–Trinajstić information content (AvgIpc) is 2.43. The first-order valence-corrected chi connectivity index (χ1v) is 6.42. The second kappa shape index (κ2) is 5.92. The van der Waals surface area contributed by atoms with Gasteiger partial charge in [-0.2, -0.15) is 5.26 Å². The molecule has 96 valence electrons. The van der Waals surface area contributed by atoms with Crippen LogP contribution in [0.2, 0.25) is 10.0 Å². The number of ether oxygens (including phenoxy) is 1. The maximum absolute atomic E-state index is 8.89. The molecule has 0 atom stereocenters. The van der Waals surface area contributed by atoms with Crippen LogP contribution in [0, 0.1) is 11.3 Å². The van der Waals surface area contributed by atoms with E-state index in [1.54, 1.807) is 12.1 Å². The van der Waals surface area contributed by atoms with Gasteiger partial charge in [0.05, 0.1) is 5.56 Å². The van der Waals surface area contributed by atoms with Crippen LogP contribution in [-0.2, 0) is 6.42 Å². The fourth-order valence-corrected chi connectivity index (χ4v) is 2.02. The van der Waals surface area contributed by atoms with E-state index in [-0.39, 0.29) is 10.9 Å². The van der Waals surface area contributed by atoms with Crippen molar-refractivity contribution >= 4 is 23.2 Å². The molecule has 0 saturated heterocycles. The third-order valence-electron chi connectivity index (χ3n) is 2.59. The van der Waals surface area contributed by atoms with E-state index >= 15 is 0 Å². The second-order valence-corrected chi connectivity index (χ2v) is 4.58. The quantitative estimate of drug-likeness (QED) is 0.829. The minimum Gasteiger partial charge on any atom is -0.437 e. The zero-order valence-corrected chi connectivity index (χ0v) is 11.7. The monoisotopic (exact) mass is 292 g/mol. The third kappa shape index (κ3) is 2.98. The Hall–Kier alpha value is -1.76. The predicted octanol–water partition coefficient (Wildman–Crippen LogP) is 4.61. The summed E-state index contributed by atoms with van der Waals surface area (Å²) in [6.07, 6.45) is 2.28. The van der Waals surface area contributed by atoms with Gasteiger partial charge in [-0.15, -0.1) is 0 Å². The minimum atomic E-state index is 0.206. The van der Waals surface area contributed by atoms with Crippen LogP contribution in [-0.4, -0.2) is 4.98 Å². The summed E-state index contributed by atoms with van der Waals surface area (Å²) in [6.45, 7) is 2.01. The van der Waals surface area contributed by atoms with Crippen molar-refractivity contribution in [2.45, 2.75) is 13.3 Å². The van der Waals surface area contributed by atoms with Gasteiger partial charge in [0.1, 0.15) is 16.8 Å². The molecular formula is C14H10Cl2N2O. The summed E-state index contributed by atoms with van der Waals surface area (Å²) in [5, 5.41) is 9.79. The van der Waals surface area contributed by atoms with Crippen molar-refractivity contribution in [2.24, 2.45) is 0 Å². The van der Waals surface area contributed by atoms with Gasteiger partial charge in [-0.25, -0.2) is 4.98 Å². The maximum Gasteiger partial charge on any atom is 0.239 e. The van der Waals surface area contributed by atoms with E-state index in [4.69, 9.17) is 33.2 Å². The van der Waals surface area contributed by atoms with Crippen molar-refractivity contribution < 1.29 is 4.74 Å².